The number of β-amino-alcohol motifs (C(OH)–C–C–N with tert-alkyl or cyclic N) is 1. The lowest BCUT2D eigenvalue weighted by molar-refractivity contribution is -0.136. The highest BCUT2D eigenvalue weighted by Gasteiger charge is 2.34. The molecule has 21 heavy (non-hydrogen) atoms. The number of rotatable bonds is 5. The number of benzene rings is 1. The predicted octanol–water partition coefficient (Wildman–Crippen LogP) is 1.12. The monoisotopic (exact) mass is 354 g/mol. The first-order valence-corrected chi connectivity index (χ1v) is 7.11. The van der Waals surface area contributed by atoms with E-state index >= 15 is 0 Å². The van der Waals surface area contributed by atoms with Gasteiger partial charge in [0.25, 0.3) is 5.91 Å². The number of aliphatic hydroxyl groups excluding tert-OH is 1. The highest BCUT2D eigenvalue weighted by Crippen LogP contribution is 2.27. The minimum atomic E-state index is -0.557. The van der Waals surface area contributed by atoms with Gasteiger partial charge < -0.3 is 20.1 Å². The van der Waals surface area contributed by atoms with E-state index in [1.165, 1.54) is 12.0 Å². The topological polar surface area (TPSA) is 78.9 Å². The van der Waals surface area contributed by atoms with Crippen LogP contribution in [0.4, 0.5) is 5.69 Å². The van der Waals surface area contributed by atoms with Crippen LogP contribution >= 0.6 is 15.9 Å². The molecule has 0 bridgehead atoms. The maximum absolute atomic E-state index is 12.3. The minimum absolute atomic E-state index is 0.124. The van der Waals surface area contributed by atoms with Crippen LogP contribution in [-0.2, 0) is 14.3 Å². The predicted molar refractivity (Wildman–Crippen MR) is 80.5 cm³/mol. The molecule has 1 aromatic carbocycles. The number of hydrogen-bond donors (Lipinski definition) is 2. The molecule has 112 valence electrons. The van der Waals surface area contributed by atoms with Crippen molar-refractivity contribution in [1.29, 1.82) is 0 Å². The van der Waals surface area contributed by atoms with Gasteiger partial charge in [0.15, 0.2) is 0 Å². The summed E-state index contributed by atoms with van der Waals surface area (Å²) in [4.78, 5) is 25.5. The minimum Gasteiger partial charge on any atom is -0.466 e. The lowest BCUT2D eigenvalue weighted by Gasteiger charge is -2.15. The summed E-state index contributed by atoms with van der Waals surface area (Å²) in [5.41, 5.74) is 1.11. The SMILES string of the molecule is COC(=O)C1=C(Nc2ccccc2Br)C(=O)N(CCO)C1. The first-order chi connectivity index (χ1) is 10.1. The molecular weight excluding hydrogens is 340 g/mol. The number of para-hydroxylation sites is 1. The van der Waals surface area contributed by atoms with Crippen LogP contribution in [0.15, 0.2) is 40.0 Å². The van der Waals surface area contributed by atoms with E-state index in [0.717, 1.165) is 4.47 Å². The summed E-state index contributed by atoms with van der Waals surface area (Å²) in [6, 6.07) is 7.27. The average molecular weight is 355 g/mol. The first kappa shape index (κ1) is 15.5. The standard InChI is InChI=1S/C14H15BrN2O4/c1-21-14(20)9-8-17(6-7-18)13(19)12(9)16-11-5-3-2-4-10(11)15/h2-5,16,18H,6-8H2,1H3. The molecule has 1 aliphatic rings. The maximum Gasteiger partial charge on any atom is 0.337 e. The third-order valence-electron chi connectivity index (χ3n) is 3.09. The molecule has 0 radical (unpaired) electrons. The fourth-order valence-electron chi connectivity index (χ4n) is 2.05. The summed E-state index contributed by atoms with van der Waals surface area (Å²) in [6.07, 6.45) is 0. The van der Waals surface area contributed by atoms with Gasteiger partial charge in [0, 0.05) is 11.0 Å². The van der Waals surface area contributed by atoms with Gasteiger partial charge in [-0.2, -0.15) is 0 Å². The third kappa shape index (κ3) is 3.25. The van der Waals surface area contributed by atoms with E-state index in [-0.39, 0.29) is 36.9 Å². The maximum atomic E-state index is 12.3. The molecule has 1 aliphatic heterocycles. The van der Waals surface area contributed by atoms with Crippen molar-refractivity contribution in [3.8, 4) is 0 Å². The summed E-state index contributed by atoms with van der Waals surface area (Å²) < 4.78 is 5.49. The van der Waals surface area contributed by atoms with Crippen molar-refractivity contribution < 1.29 is 19.4 Å². The number of esters is 1. The number of nitrogens with zero attached hydrogens (tertiary/aromatic N) is 1. The number of amides is 1. The van der Waals surface area contributed by atoms with Crippen molar-refractivity contribution >= 4 is 33.5 Å². The molecule has 1 aromatic rings. The summed E-state index contributed by atoms with van der Waals surface area (Å²) in [5, 5.41) is 12.0. The zero-order valence-electron chi connectivity index (χ0n) is 11.4. The normalized spacial score (nSPS) is 14.6. The van der Waals surface area contributed by atoms with Gasteiger partial charge >= 0.3 is 5.97 Å². The molecule has 1 amide bonds. The van der Waals surface area contributed by atoms with Gasteiger partial charge in [-0.1, -0.05) is 12.1 Å². The number of methoxy groups -OCH3 is 1. The van der Waals surface area contributed by atoms with Crippen LogP contribution in [0, 0.1) is 0 Å². The number of anilines is 1. The van der Waals surface area contributed by atoms with Gasteiger partial charge in [0.2, 0.25) is 0 Å². The molecule has 0 saturated carbocycles. The second-order valence-electron chi connectivity index (χ2n) is 4.40. The highest BCUT2D eigenvalue weighted by atomic mass is 79.9. The zero-order chi connectivity index (χ0) is 15.4. The van der Waals surface area contributed by atoms with Crippen LogP contribution in [0.1, 0.15) is 0 Å². The van der Waals surface area contributed by atoms with Gasteiger partial charge in [-0.15, -0.1) is 0 Å². The summed E-state index contributed by atoms with van der Waals surface area (Å²) in [5.74, 6) is -0.890. The Balaban J connectivity index is 2.33. The van der Waals surface area contributed by atoms with E-state index in [0.29, 0.717) is 5.69 Å². The number of ether oxygens (including phenoxy) is 1. The first-order valence-electron chi connectivity index (χ1n) is 6.31. The average Bonchev–Trinajstić information content (AvgIpc) is 2.78. The number of carbonyl (C=O) groups excluding carboxylic acids is 2. The molecule has 2 N–H and O–H groups in total. The molecule has 0 aromatic heterocycles. The van der Waals surface area contributed by atoms with E-state index in [1.807, 2.05) is 18.2 Å². The molecule has 1 heterocycles. The number of carbonyl (C=O) groups is 2. The van der Waals surface area contributed by atoms with Crippen LogP contribution in [0.3, 0.4) is 0 Å². The molecular formula is C14H15BrN2O4. The Morgan fingerprint density at radius 3 is 2.81 bits per heavy atom. The highest BCUT2D eigenvalue weighted by molar-refractivity contribution is 9.10. The van der Waals surface area contributed by atoms with Crippen molar-refractivity contribution in [2.75, 3.05) is 32.1 Å². The van der Waals surface area contributed by atoms with Crippen molar-refractivity contribution in [2.45, 2.75) is 0 Å². The van der Waals surface area contributed by atoms with Crippen LogP contribution in [0.2, 0.25) is 0 Å². The number of nitrogens with one attached hydrogen (secondary N) is 1. The Hall–Kier alpha value is -1.86. The molecule has 0 unspecified atom stereocenters. The second-order valence-corrected chi connectivity index (χ2v) is 5.25. The lowest BCUT2D eigenvalue weighted by atomic mass is 10.2. The summed E-state index contributed by atoms with van der Waals surface area (Å²) in [7, 11) is 1.27. The Morgan fingerprint density at radius 2 is 2.19 bits per heavy atom. The van der Waals surface area contributed by atoms with Crippen LogP contribution in [0.5, 0.6) is 0 Å². The zero-order valence-corrected chi connectivity index (χ0v) is 13.0. The summed E-state index contributed by atoms with van der Waals surface area (Å²) >= 11 is 3.38. The molecule has 0 fully saturated rings. The molecule has 6 nitrogen and oxygen atoms in total. The molecule has 0 atom stereocenters. The van der Waals surface area contributed by atoms with E-state index < -0.39 is 5.97 Å². The molecule has 0 saturated heterocycles. The number of halogens is 1. The Morgan fingerprint density at radius 1 is 1.48 bits per heavy atom. The van der Waals surface area contributed by atoms with E-state index in [9.17, 15) is 9.59 Å². The van der Waals surface area contributed by atoms with Crippen LogP contribution in [-0.4, -0.2) is 48.7 Å². The van der Waals surface area contributed by atoms with Crippen molar-refractivity contribution in [1.82, 2.24) is 4.90 Å². The Bertz CT molecular complexity index is 600. The van der Waals surface area contributed by atoms with Gasteiger partial charge in [-0.05, 0) is 28.1 Å². The smallest absolute Gasteiger partial charge is 0.337 e. The Kier molecular flexibility index (Phi) is 4.98. The fourth-order valence-corrected chi connectivity index (χ4v) is 2.43. The lowest BCUT2D eigenvalue weighted by Crippen LogP contribution is -2.31. The molecule has 0 aliphatic carbocycles. The molecule has 7 heteroatoms. The number of aliphatic hydroxyl groups is 1. The molecule has 0 spiro atoms. The Labute approximate surface area is 130 Å². The van der Waals surface area contributed by atoms with E-state index in [2.05, 4.69) is 21.2 Å². The van der Waals surface area contributed by atoms with Crippen LogP contribution < -0.4 is 5.32 Å². The van der Waals surface area contributed by atoms with Crippen LogP contribution in [0.25, 0.3) is 0 Å². The fraction of sp³-hybridized carbons (Fsp3) is 0.286. The van der Waals surface area contributed by atoms with Crippen molar-refractivity contribution in [2.24, 2.45) is 0 Å². The second kappa shape index (κ2) is 6.73. The van der Waals surface area contributed by atoms with Gasteiger partial charge in [-0.25, -0.2) is 4.79 Å². The quantitative estimate of drug-likeness (QED) is 0.774. The van der Waals surface area contributed by atoms with Gasteiger partial charge in [0.1, 0.15) is 5.70 Å². The van der Waals surface area contributed by atoms with Gasteiger partial charge in [-0.3, -0.25) is 4.79 Å². The largest absolute Gasteiger partial charge is 0.466 e. The molecule has 2 rings (SSSR count). The van der Waals surface area contributed by atoms with E-state index in [1.54, 1.807) is 6.07 Å². The third-order valence-corrected chi connectivity index (χ3v) is 3.78. The van der Waals surface area contributed by atoms with Crippen molar-refractivity contribution in [3.05, 3.63) is 40.0 Å². The van der Waals surface area contributed by atoms with Crippen molar-refractivity contribution in [3.63, 3.8) is 0 Å². The van der Waals surface area contributed by atoms with Gasteiger partial charge in [0.05, 0.1) is 31.5 Å². The summed E-state index contributed by atoms with van der Waals surface area (Å²) in [6.45, 7) is 0.127. The van der Waals surface area contributed by atoms with E-state index in [4.69, 9.17) is 9.84 Å². The number of hydrogen-bond acceptors (Lipinski definition) is 5.